The Labute approximate surface area is 83.7 Å². The fourth-order valence-electron chi connectivity index (χ4n) is 1.74. The zero-order chi connectivity index (χ0) is 9.97. The molecular formula is C12H13NO. The van der Waals surface area contributed by atoms with E-state index in [2.05, 4.69) is 4.98 Å². The Hall–Kier alpha value is -1.44. The molecule has 0 aliphatic heterocycles. The number of hydrogen-bond donors (Lipinski definition) is 0. The molecule has 0 atom stereocenters. The van der Waals surface area contributed by atoms with Crippen molar-refractivity contribution in [2.24, 2.45) is 0 Å². The van der Waals surface area contributed by atoms with Crippen LogP contribution in [0.4, 0.5) is 0 Å². The second-order valence-electron chi connectivity index (χ2n) is 3.70. The van der Waals surface area contributed by atoms with Crippen LogP contribution in [0.2, 0.25) is 0 Å². The molecule has 2 rings (SSSR count). The molecule has 0 saturated carbocycles. The van der Waals surface area contributed by atoms with Crippen molar-refractivity contribution in [1.29, 1.82) is 0 Å². The Bertz CT molecular complexity index is 393. The van der Waals surface area contributed by atoms with Gasteiger partial charge in [-0.15, -0.1) is 0 Å². The van der Waals surface area contributed by atoms with Crippen molar-refractivity contribution < 1.29 is 4.79 Å². The molecule has 2 heteroatoms. The van der Waals surface area contributed by atoms with Gasteiger partial charge >= 0.3 is 0 Å². The highest BCUT2D eigenvalue weighted by Gasteiger charge is 2.15. The molecule has 14 heavy (non-hydrogen) atoms. The summed E-state index contributed by atoms with van der Waals surface area (Å²) in [4.78, 5) is 15.9. The number of aryl methyl sites for hydroxylation is 1. The molecule has 0 aromatic carbocycles. The van der Waals surface area contributed by atoms with E-state index < -0.39 is 0 Å². The Balaban J connectivity index is 2.27. The smallest absolute Gasteiger partial charge is 0.190 e. The molecule has 0 bridgehead atoms. The van der Waals surface area contributed by atoms with Gasteiger partial charge in [0.15, 0.2) is 5.78 Å². The van der Waals surface area contributed by atoms with Crippen LogP contribution in [-0.2, 0) is 0 Å². The number of allylic oxidation sites excluding steroid dienone is 2. The molecule has 1 heterocycles. The first-order chi connectivity index (χ1) is 6.77. The molecule has 1 aromatic heterocycles. The van der Waals surface area contributed by atoms with Crippen molar-refractivity contribution in [3.8, 4) is 0 Å². The Morgan fingerprint density at radius 3 is 2.93 bits per heavy atom. The van der Waals surface area contributed by atoms with E-state index in [-0.39, 0.29) is 5.78 Å². The topological polar surface area (TPSA) is 30.0 Å². The Morgan fingerprint density at radius 2 is 2.29 bits per heavy atom. The van der Waals surface area contributed by atoms with E-state index in [0.717, 1.165) is 36.0 Å². The summed E-state index contributed by atoms with van der Waals surface area (Å²) in [6.07, 6.45) is 8.53. The third-order valence-electron chi connectivity index (χ3n) is 2.47. The van der Waals surface area contributed by atoms with Gasteiger partial charge in [-0.2, -0.15) is 0 Å². The van der Waals surface area contributed by atoms with E-state index >= 15 is 0 Å². The van der Waals surface area contributed by atoms with Crippen LogP contribution in [-0.4, -0.2) is 10.8 Å². The summed E-state index contributed by atoms with van der Waals surface area (Å²) in [5.41, 5.74) is 2.71. The van der Waals surface area contributed by atoms with E-state index in [4.69, 9.17) is 0 Å². The zero-order valence-electron chi connectivity index (χ0n) is 8.29. The average Bonchev–Trinajstić information content (AvgIpc) is 2.69. The lowest BCUT2D eigenvalue weighted by Gasteiger charge is -2.01. The number of ketones is 1. The molecule has 1 aromatic rings. The lowest BCUT2D eigenvalue weighted by molar-refractivity contribution is 0.103. The monoisotopic (exact) mass is 187 g/mol. The van der Waals surface area contributed by atoms with E-state index in [1.165, 1.54) is 0 Å². The van der Waals surface area contributed by atoms with Crippen molar-refractivity contribution in [2.75, 3.05) is 0 Å². The van der Waals surface area contributed by atoms with E-state index in [9.17, 15) is 4.79 Å². The molecular weight excluding hydrogens is 174 g/mol. The van der Waals surface area contributed by atoms with Crippen LogP contribution in [0.25, 0.3) is 0 Å². The molecule has 72 valence electrons. The standard InChI is InChI=1S/C12H13NO/c1-9-6-11(8-13-7-9)12(14)10-4-2-3-5-10/h4,6-8H,2-3,5H2,1H3. The summed E-state index contributed by atoms with van der Waals surface area (Å²) in [6.45, 7) is 1.95. The molecule has 2 nitrogen and oxygen atoms in total. The van der Waals surface area contributed by atoms with Gasteiger partial charge in [-0.25, -0.2) is 0 Å². The molecule has 0 amide bonds. The second-order valence-corrected chi connectivity index (χ2v) is 3.70. The maximum atomic E-state index is 11.9. The third kappa shape index (κ3) is 1.74. The summed E-state index contributed by atoms with van der Waals surface area (Å²) in [5.74, 6) is 0.152. The van der Waals surface area contributed by atoms with Crippen LogP contribution < -0.4 is 0 Å². The first-order valence-corrected chi connectivity index (χ1v) is 4.93. The van der Waals surface area contributed by atoms with Crippen molar-refractivity contribution in [3.63, 3.8) is 0 Å². The van der Waals surface area contributed by atoms with Crippen LogP contribution in [0.5, 0.6) is 0 Å². The van der Waals surface area contributed by atoms with Gasteiger partial charge in [-0.3, -0.25) is 9.78 Å². The maximum absolute atomic E-state index is 11.9. The number of pyridine rings is 1. The molecule has 1 aliphatic rings. The number of hydrogen-bond acceptors (Lipinski definition) is 2. The second kappa shape index (κ2) is 3.74. The van der Waals surface area contributed by atoms with Crippen LogP contribution in [0.1, 0.15) is 35.2 Å². The molecule has 0 saturated heterocycles. The van der Waals surface area contributed by atoms with Crippen molar-refractivity contribution in [3.05, 3.63) is 41.2 Å². The summed E-state index contributed by atoms with van der Waals surface area (Å²) < 4.78 is 0. The van der Waals surface area contributed by atoms with Crippen LogP contribution in [0.15, 0.2) is 30.1 Å². The minimum absolute atomic E-state index is 0.152. The molecule has 0 radical (unpaired) electrons. The predicted molar refractivity (Wildman–Crippen MR) is 55.2 cm³/mol. The fraction of sp³-hybridized carbons (Fsp3) is 0.333. The number of aromatic nitrogens is 1. The maximum Gasteiger partial charge on any atom is 0.190 e. The number of carbonyl (C=O) groups is 1. The Kier molecular flexibility index (Phi) is 2.44. The van der Waals surface area contributed by atoms with E-state index in [1.807, 2.05) is 19.1 Å². The number of carbonyl (C=O) groups excluding carboxylic acids is 1. The zero-order valence-corrected chi connectivity index (χ0v) is 8.29. The highest BCUT2D eigenvalue weighted by Crippen LogP contribution is 2.21. The van der Waals surface area contributed by atoms with Crippen molar-refractivity contribution in [1.82, 2.24) is 4.98 Å². The van der Waals surface area contributed by atoms with Crippen LogP contribution in [0.3, 0.4) is 0 Å². The van der Waals surface area contributed by atoms with Gasteiger partial charge in [0.05, 0.1) is 0 Å². The van der Waals surface area contributed by atoms with Gasteiger partial charge in [0.2, 0.25) is 0 Å². The summed E-state index contributed by atoms with van der Waals surface area (Å²) in [6, 6.07) is 1.90. The van der Waals surface area contributed by atoms with Gasteiger partial charge < -0.3 is 0 Å². The van der Waals surface area contributed by atoms with Gasteiger partial charge in [0.1, 0.15) is 0 Å². The third-order valence-corrected chi connectivity index (χ3v) is 2.47. The van der Waals surface area contributed by atoms with Gasteiger partial charge in [0, 0.05) is 18.0 Å². The predicted octanol–water partition coefficient (Wildman–Crippen LogP) is 2.68. The first kappa shape index (κ1) is 9.13. The highest BCUT2D eigenvalue weighted by atomic mass is 16.1. The summed E-state index contributed by atoms with van der Waals surface area (Å²) >= 11 is 0. The summed E-state index contributed by atoms with van der Waals surface area (Å²) in [7, 11) is 0. The van der Waals surface area contributed by atoms with Crippen molar-refractivity contribution >= 4 is 5.78 Å². The Morgan fingerprint density at radius 1 is 1.43 bits per heavy atom. The van der Waals surface area contributed by atoms with E-state index in [0.29, 0.717) is 0 Å². The minimum Gasteiger partial charge on any atom is -0.289 e. The SMILES string of the molecule is Cc1cncc(C(=O)C2=CCCC2)c1. The number of nitrogens with zero attached hydrogens (tertiary/aromatic N) is 1. The first-order valence-electron chi connectivity index (χ1n) is 4.93. The van der Waals surface area contributed by atoms with Crippen molar-refractivity contribution in [2.45, 2.75) is 26.2 Å². The van der Waals surface area contributed by atoms with E-state index in [1.54, 1.807) is 12.4 Å². The highest BCUT2D eigenvalue weighted by molar-refractivity contribution is 6.08. The summed E-state index contributed by atoms with van der Waals surface area (Å²) in [5, 5.41) is 0. The molecule has 0 unspecified atom stereocenters. The minimum atomic E-state index is 0.152. The molecule has 0 N–H and O–H groups in total. The van der Waals surface area contributed by atoms with Gasteiger partial charge in [0.25, 0.3) is 0 Å². The molecule has 1 aliphatic carbocycles. The van der Waals surface area contributed by atoms with Gasteiger partial charge in [-0.05, 0) is 43.4 Å². The normalized spacial score (nSPS) is 15.4. The lowest BCUT2D eigenvalue weighted by atomic mass is 10.0. The average molecular weight is 187 g/mol. The number of rotatable bonds is 2. The molecule has 0 fully saturated rings. The van der Waals surface area contributed by atoms with Crippen LogP contribution in [0, 0.1) is 6.92 Å². The van der Waals surface area contributed by atoms with Crippen LogP contribution >= 0.6 is 0 Å². The quantitative estimate of drug-likeness (QED) is 0.666. The molecule has 0 spiro atoms. The lowest BCUT2D eigenvalue weighted by Crippen LogP contribution is -2.02. The van der Waals surface area contributed by atoms with Gasteiger partial charge in [-0.1, -0.05) is 6.08 Å². The largest absolute Gasteiger partial charge is 0.289 e. The number of Topliss-reactive ketones (excluding diaryl/α,β-unsaturated/α-hetero) is 1. The fourth-order valence-corrected chi connectivity index (χ4v) is 1.74.